The van der Waals surface area contributed by atoms with E-state index in [0.29, 0.717) is 42.8 Å². The average molecular weight is 531 g/mol. The van der Waals surface area contributed by atoms with Crippen LogP contribution in [-0.2, 0) is 14.3 Å². The van der Waals surface area contributed by atoms with E-state index >= 15 is 0 Å². The van der Waals surface area contributed by atoms with Crippen LogP contribution in [0.2, 0.25) is 10.0 Å². The molecular weight excluding hydrogens is 499 g/mol. The Hall–Kier alpha value is -2.45. The number of halogens is 2. The van der Waals surface area contributed by atoms with Crippen molar-refractivity contribution in [3.05, 3.63) is 69.7 Å². The SMILES string of the molecule is CC(C)C(=O)N(CCN1CCOCC1)CC(=O)N1N=C(c2ccccc2Cl)C[C@@H]1c1ccc(Cl)cc1. The third-order valence-corrected chi connectivity index (χ3v) is 7.11. The molecule has 0 aromatic heterocycles. The molecule has 192 valence electrons. The molecule has 2 amide bonds. The Labute approximate surface area is 222 Å². The number of carbonyl (C=O) groups is 2. The number of benzene rings is 2. The highest BCUT2D eigenvalue weighted by Crippen LogP contribution is 2.35. The van der Waals surface area contributed by atoms with E-state index in [1.165, 1.54) is 5.01 Å². The van der Waals surface area contributed by atoms with Gasteiger partial charge in [-0.15, -0.1) is 0 Å². The lowest BCUT2D eigenvalue weighted by Crippen LogP contribution is -2.47. The summed E-state index contributed by atoms with van der Waals surface area (Å²) in [5, 5.41) is 7.45. The van der Waals surface area contributed by atoms with Crippen LogP contribution in [0.5, 0.6) is 0 Å². The summed E-state index contributed by atoms with van der Waals surface area (Å²) in [6.45, 7) is 7.88. The summed E-state index contributed by atoms with van der Waals surface area (Å²) in [4.78, 5) is 30.6. The highest BCUT2D eigenvalue weighted by atomic mass is 35.5. The van der Waals surface area contributed by atoms with Gasteiger partial charge in [0, 0.05) is 54.1 Å². The molecule has 2 aliphatic rings. The second kappa shape index (κ2) is 12.2. The molecule has 0 radical (unpaired) electrons. The van der Waals surface area contributed by atoms with Crippen molar-refractivity contribution in [1.29, 1.82) is 0 Å². The van der Waals surface area contributed by atoms with E-state index in [9.17, 15) is 9.59 Å². The zero-order valence-electron chi connectivity index (χ0n) is 20.7. The Morgan fingerprint density at radius 2 is 1.78 bits per heavy atom. The number of ether oxygens (including phenoxy) is 1. The van der Waals surface area contributed by atoms with Gasteiger partial charge in [-0.25, -0.2) is 5.01 Å². The Kier molecular flexibility index (Phi) is 9.01. The number of hydrogen-bond acceptors (Lipinski definition) is 5. The first-order chi connectivity index (χ1) is 17.3. The van der Waals surface area contributed by atoms with E-state index in [2.05, 4.69) is 4.90 Å². The van der Waals surface area contributed by atoms with E-state index < -0.39 is 0 Å². The fraction of sp³-hybridized carbons (Fsp3) is 0.444. The number of morpholine rings is 1. The fourth-order valence-corrected chi connectivity index (χ4v) is 4.87. The number of carbonyl (C=O) groups excluding carboxylic acids is 2. The lowest BCUT2D eigenvalue weighted by Gasteiger charge is -2.31. The molecule has 0 bridgehead atoms. The molecule has 0 saturated carbocycles. The molecular formula is C27H32Cl2N4O3. The molecule has 2 aromatic rings. The lowest BCUT2D eigenvalue weighted by atomic mass is 9.98. The van der Waals surface area contributed by atoms with Gasteiger partial charge in [0.2, 0.25) is 5.91 Å². The summed E-state index contributed by atoms with van der Waals surface area (Å²) >= 11 is 12.6. The largest absolute Gasteiger partial charge is 0.379 e. The Balaban J connectivity index is 1.57. The monoisotopic (exact) mass is 530 g/mol. The maximum Gasteiger partial charge on any atom is 0.262 e. The van der Waals surface area contributed by atoms with Crippen LogP contribution < -0.4 is 0 Å². The highest BCUT2D eigenvalue weighted by Gasteiger charge is 2.35. The van der Waals surface area contributed by atoms with E-state index in [1.807, 2.05) is 62.4 Å². The summed E-state index contributed by atoms with van der Waals surface area (Å²) in [5.74, 6) is -0.488. The molecule has 0 spiro atoms. The average Bonchev–Trinajstić information content (AvgIpc) is 3.32. The third-order valence-electron chi connectivity index (χ3n) is 6.53. The maximum absolute atomic E-state index is 13.7. The first-order valence-corrected chi connectivity index (χ1v) is 13.1. The number of rotatable bonds is 8. The summed E-state index contributed by atoms with van der Waals surface area (Å²) in [5.41, 5.74) is 2.47. The van der Waals surface area contributed by atoms with Crippen molar-refractivity contribution in [2.24, 2.45) is 11.0 Å². The van der Waals surface area contributed by atoms with Crippen LogP contribution in [0.4, 0.5) is 0 Å². The maximum atomic E-state index is 13.7. The van der Waals surface area contributed by atoms with E-state index in [1.54, 1.807) is 4.90 Å². The molecule has 1 atom stereocenters. The minimum absolute atomic E-state index is 0.0370. The molecule has 2 heterocycles. The molecule has 2 aromatic carbocycles. The van der Waals surface area contributed by atoms with Crippen LogP contribution in [0.1, 0.15) is 37.4 Å². The topological polar surface area (TPSA) is 65.5 Å². The second-order valence-corrected chi connectivity index (χ2v) is 10.2. The Morgan fingerprint density at radius 1 is 1.08 bits per heavy atom. The number of nitrogens with zero attached hydrogens (tertiary/aromatic N) is 4. The number of hydrazone groups is 1. The zero-order valence-corrected chi connectivity index (χ0v) is 22.2. The van der Waals surface area contributed by atoms with Crippen LogP contribution in [0.3, 0.4) is 0 Å². The molecule has 1 saturated heterocycles. The van der Waals surface area contributed by atoms with Crippen molar-refractivity contribution in [3.63, 3.8) is 0 Å². The van der Waals surface area contributed by atoms with Gasteiger partial charge in [0.05, 0.1) is 25.0 Å². The summed E-state index contributed by atoms with van der Waals surface area (Å²) in [6.07, 6.45) is 0.517. The Morgan fingerprint density at radius 3 is 2.44 bits per heavy atom. The first-order valence-electron chi connectivity index (χ1n) is 12.3. The van der Waals surface area contributed by atoms with Gasteiger partial charge in [0.1, 0.15) is 6.54 Å². The summed E-state index contributed by atoms with van der Waals surface area (Å²) in [6, 6.07) is 14.6. The van der Waals surface area contributed by atoms with Gasteiger partial charge < -0.3 is 9.64 Å². The Bertz CT molecular complexity index is 1100. The van der Waals surface area contributed by atoms with E-state index in [-0.39, 0.29) is 30.3 Å². The third kappa shape index (κ3) is 6.45. The predicted octanol–water partition coefficient (Wildman–Crippen LogP) is 4.49. The minimum atomic E-state index is -0.309. The van der Waals surface area contributed by atoms with Crippen LogP contribution in [0.25, 0.3) is 0 Å². The summed E-state index contributed by atoms with van der Waals surface area (Å²) < 4.78 is 5.42. The second-order valence-electron chi connectivity index (χ2n) is 9.40. The fourth-order valence-electron chi connectivity index (χ4n) is 4.50. The van der Waals surface area contributed by atoms with E-state index in [4.69, 9.17) is 33.0 Å². The van der Waals surface area contributed by atoms with Gasteiger partial charge in [-0.05, 0) is 23.8 Å². The zero-order chi connectivity index (χ0) is 25.7. The smallest absolute Gasteiger partial charge is 0.262 e. The predicted molar refractivity (Wildman–Crippen MR) is 142 cm³/mol. The highest BCUT2D eigenvalue weighted by molar-refractivity contribution is 6.34. The van der Waals surface area contributed by atoms with Crippen molar-refractivity contribution < 1.29 is 14.3 Å². The minimum Gasteiger partial charge on any atom is -0.379 e. The van der Waals surface area contributed by atoms with Gasteiger partial charge >= 0.3 is 0 Å². The molecule has 2 aliphatic heterocycles. The number of amides is 2. The molecule has 7 nitrogen and oxygen atoms in total. The van der Waals surface area contributed by atoms with Crippen LogP contribution in [-0.4, -0.2) is 78.3 Å². The van der Waals surface area contributed by atoms with Crippen LogP contribution >= 0.6 is 23.2 Å². The molecule has 36 heavy (non-hydrogen) atoms. The van der Waals surface area contributed by atoms with Crippen molar-refractivity contribution in [3.8, 4) is 0 Å². The normalized spacial score (nSPS) is 18.4. The molecule has 0 N–H and O–H groups in total. The van der Waals surface area contributed by atoms with Gasteiger partial charge in [0.25, 0.3) is 5.91 Å². The lowest BCUT2D eigenvalue weighted by molar-refractivity contribution is -0.143. The molecule has 0 unspecified atom stereocenters. The molecule has 4 rings (SSSR count). The van der Waals surface area contributed by atoms with Crippen molar-refractivity contribution in [2.45, 2.75) is 26.3 Å². The number of hydrogen-bond donors (Lipinski definition) is 0. The standard InChI is InChI=1S/C27H32Cl2N4O3/c1-19(2)27(35)32(12-11-31-13-15-36-16-14-31)18-26(34)33-25(20-7-9-21(28)10-8-20)17-24(30-33)22-5-3-4-6-23(22)29/h3-10,19,25H,11-18H2,1-2H3/t25-/m1/s1. The van der Waals surface area contributed by atoms with Crippen molar-refractivity contribution >= 4 is 40.7 Å². The van der Waals surface area contributed by atoms with Crippen LogP contribution in [0.15, 0.2) is 53.6 Å². The van der Waals surface area contributed by atoms with Gasteiger partial charge in [-0.2, -0.15) is 5.10 Å². The van der Waals surface area contributed by atoms with Crippen molar-refractivity contribution in [2.75, 3.05) is 45.9 Å². The molecule has 1 fully saturated rings. The first kappa shape index (κ1) is 26.6. The molecule has 0 aliphatic carbocycles. The summed E-state index contributed by atoms with van der Waals surface area (Å²) in [7, 11) is 0. The van der Waals surface area contributed by atoms with Gasteiger partial charge in [-0.3, -0.25) is 14.5 Å². The van der Waals surface area contributed by atoms with E-state index in [0.717, 1.165) is 29.9 Å². The van der Waals surface area contributed by atoms with Gasteiger partial charge in [-0.1, -0.05) is 67.4 Å². The molecule has 9 heteroatoms. The quantitative estimate of drug-likeness (QED) is 0.504. The van der Waals surface area contributed by atoms with Gasteiger partial charge in [0.15, 0.2) is 0 Å². The van der Waals surface area contributed by atoms with Crippen LogP contribution in [0, 0.1) is 5.92 Å². The van der Waals surface area contributed by atoms with Crippen molar-refractivity contribution in [1.82, 2.24) is 14.8 Å².